The lowest BCUT2D eigenvalue weighted by molar-refractivity contribution is -0.128. The van der Waals surface area contributed by atoms with Gasteiger partial charge in [-0.15, -0.1) is 0 Å². The molecule has 1 aliphatic rings. The number of carbonyl (C=O) groups is 1. The molecule has 4 heteroatoms. The van der Waals surface area contributed by atoms with Gasteiger partial charge in [0.1, 0.15) is 11.5 Å². The third-order valence-corrected chi connectivity index (χ3v) is 2.93. The van der Waals surface area contributed by atoms with Crippen LogP contribution < -0.4 is 5.32 Å². The summed E-state index contributed by atoms with van der Waals surface area (Å²) < 4.78 is 5.59. The fourth-order valence-corrected chi connectivity index (χ4v) is 1.55. The largest absolute Gasteiger partial charge is 0.445 e. The molecule has 1 aromatic rings. The van der Waals surface area contributed by atoms with Crippen molar-refractivity contribution in [1.82, 2.24) is 10.3 Å². The highest BCUT2D eigenvalue weighted by Crippen LogP contribution is 2.39. The number of hydrogen-bond acceptors (Lipinski definition) is 3. The Morgan fingerprint density at radius 1 is 1.47 bits per heavy atom. The summed E-state index contributed by atoms with van der Waals surface area (Å²) >= 11 is 0. The molecule has 1 saturated carbocycles. The Kier molecular flexibility index (Phi) is 2.98. The summed E-state index contributed by atoms with van der Waals surface area (Å²) in [5.74, 6) is 2.21. The molecule has 0 bridgehead atoms. The van der Waals surface area contributed by atoms with Crippen LogP contribution in [0.25, 0.3) is 0 Å². The summed E-state index contributed by atoms with van der Waals surface area (Å²) in [5.41, 5.74) is 0.487. The highest BCUT2D eigenvalue weighted by Gasteiger charge is 2.29. The summed E-state index contributed by atoms with van der Waals surface area (Å²) in [5, 5.41) is 2.89. The van der Waals surface area contributed by atoms with Gasteiger partial charge in [-0.1, -0.05) is 20.8 Å². The molecule has 94 valence electrons. The van der Waals surface area contributed by atoms with Crippen molar-refractivity contribution in [2.75, 3.05) is 0 Å². The monoisotopic (exact) mass is 236 g/mol. The maximum atomic E-state index is 11.7. The summed E-state index contributed by atoms with van der Waals surface area (Å²) in [6, 6.07) is 0. The molecule has 1 amide bonds. The van der Waals surface area contributed by atoms with Crippen LogP contribution in [-0.4, -0.2) is 10.9 Å². The summed E-state index contributed by atoms with van der Waals surface area (Å²) in [6.07, 6.45) is 2.35. The smallest absolute Gasteiger partial charge is 0.225 e. The Balaban J connectivity index is 1.97. The molecule has 0 unspecified atom stereocenters. The van der Waals surface area contributed by atoms with Crippen LogP contribution in [0.3, 0.4) is 0 Å². The second-order valence-electron chi connectivity index (χ2n) is 5.76. The van der Waals surface area contributed by atoms with E-state index in [-0.39, 0.29) is 11.3 Å². The summed E-state index contributed by atoms with van der Waals surface area (Å²) in [4.78, 5) is 16.2. The molecule has 0 saturated heterocycles. The molecule has 0 aromatic carbocycles. The number of nitrogens with zero attached hydrogens (tertiary/aromatic N) is 1. The van der Waals surface area contributed by atoms with Gasteiger partial charge in [-0.05, 0) is 19.8 Å². The van der Waals surface area contributed by atoms with Crippen molar-refractivity contribution in [3.8, 4) is 0 Å². The molecule has 1 N–H and O–H groups in total. The van der Waals surface area contributed by atoms with E-state index in [0.29, 0.717) is 12.5 Å². The predicted molar refractivity (Wildman–Crippen MR) is 64.5 cm³/mol. The SMILES string of the molecule is Cc1oc(C2CC2)nc1CNC(=O)C(C)(C)C. The van der Waals surface area contributed by atoms with Crippen LogP contribution in [0.2, 0.25) is 0 Å². The van der Waals surface area contributed by atoms with Crippen molar-refractivity contribution in [3.63, 3.8) is 0 Å². The standard InChI is InChI=1S/C13H20N2O2/c1-8-10(7-14-12(16)13(2,3)4)15-11(17-8)9-5-6-9/h9H,5-7H2,1-4H3,(H,14,16). The third-order valence-electron chi connectivity index (χ3n) is 2.93. The average molecular weight is 236 g/mol. The highest BCUT2D eigenvalue weighted by molar-refractivity contribution is 5.81. The molecular formula is C13H20N2O2. The van der Waals surface area contributed by atoms with Gasteiger partial charge in [0.05, 0.1) is 6.54 Å². The second kappa shape index (κ2) is 4.17. The lowest BCUT2D eigenvalue weighted by atomic mass is 9.96. The zero-order valence-electron chi connectivity index (χ0n) is 11.0. The maximum absolute atomic E-state index is 11.7. The molecule has 1 aromatic heterocycles. The van der Waals surface area contributed by atoms with Gasteiger partial charge in [0.25, 0.3) is 0 Å². The molecule has 1 heterocycles. The second-order valence-corrected chi connectivity index (χ2v) is 5.76. The van der Waals surface area contributed by atoms with Crippen molar-refractivity contribution in [2.24, 2.45) is 5.41 Å². The van der Waals surface area contributed by atoms with Crippen molar-refractivity contribution >= 4 is 5.91 Å². The Morgan fingerprint density at radius 2 is 2.12 bits per heavy atom. The number of aryl methyl sites for hydroxylation is 1. The molecule has 0 radical (unpaired) electrons. The Hall–Kier alpha value is -1.32. The van der Waals surface area contributed by atoms with E-state index in [1.54, 1.807) is 0 Å². The molecule has 1 aliphatic carbocycles. The van der Waals surface area contributed by atoms with E-state index in [4.69, 9.17) is 4.42 Å². The molecule has 17 heavy (non-hydrogen) atoms. The highest BCUT2D eigenvalue weighted by atomic mass is 16.4. The number of aromatic nitrogens is 1. The first-order valence-corrected chi connectivity index (χ1v) is 6.12. The third kappa shape index (κ3) is 2.87. The van der Waals surface area contributed by atoms with Crippen molar-refractivity contribution in [3.05, 3.63) is 17.3 Å². The van der Waals surface area contributed by atoms with Gasteiger partial charge in [0.15, 0.2) is 5.89 Å². The van der Waals surface area contributed by atoms with Crippen LogP contribution >= 0.6 is 0 Å². The van der Waals surface area contributed by atoms with Crippen LogP contribution in [0.4, 0.5) is 0 Å². The van der Waals surface area contributed by atoms with Gasteiger partial charge < -0.3 is 9.73 Å². The van der Waals surface area contributed by atoms with Gasteiger partial charge in [-0.2, -0.15) is 0 Å². The Bertz CT molecular complexity index is 425. The number of rotatable bonds is 3. The van der Waals surface area contributed by atoms with Gasteiger partial charge in [0, 0.05) is 11.3 Å². The molecule has 4 nitrogen and oxygen atoms in total. The van der Waals surface area contributed by atoms with E-state index in [0.717, 1.165) is 17.3 Å². The van der Waals surface area contributed by atoms with Crippen molar-refractivity contribution in [2.45, 2.75) is 53.0 Å². The van der Waals surface area contributed by atoms with Crippen molar-refractivity contribution in [1.29, 1.82) is 0 Å². The molecule has 1 fully saturated rings. The lowest BCUT2D eigenvalue weighted by Crippen LogP contribution is -2.34. The fourth-order valence-electron chi connectivity index (χ4n) is 1.55. The van der Waals surface area contributed by atoms with Crippen LogP contribution in [0.1, 0.15) is 56.9 Å². The maximum Gasteiger partial charge on any atom is 0.225 e. The normalized spacial score (nSPS) is 16.0. The van der Waals surface area contributed by atoms with Crippen LogP contribution in [0.15, 0.2) is 4.42 Å². The zero-order chi connectivity index (χ0) is 12.6. The van der Waals surface area contributed by atoms with Gasteiger partial charge in [0.2, 0.25) is 5.91 Å². The number of amides is 1. The average Bonchev–Trinajstić information content (AvgIpc) is 2.99. The summed E-state index contributed by atoms with van der Waals surface area (Å²) in [6.45, 7) is 8.05. The minimum Gasteiger partial charge on any atom is -0.445 e. The zero-order valence-corrected chi connectivity index (χ0v) is 11.0. The minimum absolute atomic E-state index is 0.0351. The Morgan fingerprint density at radius 3 is 2.65 bits per heavy atom. The first-order chi connectivity index (χ1) is 7.88. The number of oxazole rings is 1. The quantitative estimate of drug-likeness (QED) is 0.877. The van der Waals surface area contributed by atoms with E-state index in [1.165, 1.54) is 12.8 Å². The van der Waals surface area contributed by atoms with Crippen LogP contribution in [0.5, 0.6) is 0 Å². The van der Waals surface area contributed by atoms with E-state index in [2.05, 4.69) is 10.3 Å². The first-order valence-electron chi connectivity index (χ1n) is 6.12. The van der Waals surface area contributed by atoms with Crippen LogP contribution in [0, 0.1) is 12.3 Å². The molecule has 2 rings (SSSR count). The van der Waals surface area contributed by atoms with Gasteiger partial charge in [-0.3, -0.25) is 4.79 Å². The van der Waals surface area contributed by atoms with E-state index in [9.17, 15) is 4.79 Å². The molecular weight excluding hydrogens is 216 g/mol. The summed E-state index contributed by atoms with van der Waals surface area (Å²) in [7, 11) is 0. The Labute approximate surface area is 102 Å². The van der Waals surface area contributed by atoms with E-state index < -0.39 is 0 Å². The minimum atomic E-state index is -0.364. The number of hydrogen-bond donors (Lipinski definition) is 1. The van der Waals surface area contributed by atoms with E-state index in [1.807, 2.05) is 27.7 Å². The number of carbonyl (C=O) groups excluding carboxylic acids is 1. The lowest BCUT2D eigenvalue weighted by Gasteiger charge is -2.16. The molecule has 0 atom stereocenters. The topological polar surface area (TPSA) is 55.1 Å². The van der Waals surface area contributed by atoms with Gasteiger partial charge in [-0.25, -0.2) is 4.98 Å². The molecule has 0 aliphatic heterocycles. The van der Waals surface area contributed by atoms with Gasteiger partial charge >= 0.3 is 0 Å². The van der Waals surface area contributed by atoms with Crippen molar-refractivity contribution < 1.29 is 9.21 Å². The van der Waals surface area contributed by atoms with Crippen LogP contribution in [-0.2, 0) is 11.3 Å². The fraction of sp³-hybridized carbons (Fsp3) is 0.692. The predicted octanol–water partition coefficient (Wildman–Crippen LogP) is 2.52. The molecule has 0 spiro atoms. The van der Waals surface area contributed by atoms with E-state index >= 15 is 0 Å². The first kappa shape index (κ1) is 12.1. The number of nitrogens with one attached hydrogen (secondary N) is 1.